The molecule has 2 amide bonds. The second kappa shape index (κ2) is 11.7. The first-order chi connectivity index (χ1) is 19.6. The molecule has 1 aliphatic heterocycles. The minimum atomic E-state index is -0.624. The molecule has 218 valence electrons. The number of fused-ring (bicyclic) bond motifs is 1. The molecule has 3 aromatic rings. The Hall–Kier alpha value is -3.01. The third-order valence-corrected chi connectivity index (χ3v) is 8.57. The molecule has 0 spiro atoms. The van der Waals surface area contributed by atoms with E-state index >= 15 is 4.39 Å². The van der Waals surface area contributed by atoms with Gasteiger partial charge in [0.2, 0.25) is 17.7 Å². The van der Waals surface area contributed by atoms with E-state index in [-0.39, 0.29) is 59.0 Å². The van der Waals surface area contributed by atoms with Gasteiger partial charge in [0.1, 0.15) is 17.3 Å². The highest BCUT2D eigenvalue weighted by Gasteiger charge is 2.36. The second-order valence-electron chi connectivity index (χ2n) is 10.6. The number of carbonyl (C=O) groups excluding carboxylic acids is 2. The van der Waals surface area contributed by atoms with Gasteiger partial charge >= 0.3 is 0 Å². The van der Waals surface area contributed by atoms with Crippen LogP contribution in [0, 0.1) is 5.82 Å². The van der Waals surface area contributed by atoms with Crippen molar-refractivity contribution in [1.82, 2.24) is 9.47 Å². The van der Waals surface area contributed by atoms with Crippen LogP contribution in [0.25, 0.3) is 10.9 Å². The molecule has 1 aromatic heterocycles. The summed E-state index contributed by atoms with van der Waals surface area (Å²) in [6, 6.07) is 5.76. The van der Waals surface area contributed by atoms with E-state index in [1.165, 1.54) is 18.1 Å². The Labute approximate surface area is 252 Å². The molecule has 0 unspecified atom stereocenters. The minimum Gasteiger partial charge on any atom is -0.492 e. The maximum Gasteiger partial charge on any atom is 0.238 e. The quantitative estimate of drug-likeness (QED) is 0.241. The van der Waals surface area contributed by atoms with Gasteiger partial charge in [0.05, 0.1) is 24.6 Å². The molecule has 0 N–H and O–H groups in total. The number of pyridine rings is 1. The number of hydrogen-bond donors (Lipinski definition) is 0. The number of halogens is 4. The highest BCUT2D eigenvalue weighted by atomic mass is 35.5. The van der Waals surface area contributed by atoms with Gasteiger partial charge in [-0.3, -0.25) is 14.4 Å². The van der Waals surface area contributed by atoms with Crippen LogP contribution in [0.2, 0.25) is 10.0 Å². The number of anilines is 2. The van der Waals surface area contributed by atoms with Crippen LogP contribution >= 0.6 is 34.8 Å². The molecule has 1 saturated heterocycles. The fraction of sp³-hybridized carbons (Fsp3) is 0.414. The standard InChI is InChI=1S/C29H30Cl3FN4O4/c1-16-11-34(12-17(2)37(16)25(39)10-30)27-23(33)9-21-26(29(27)41-3)36(20-6-7-20)14-24(28(21)40)35(15-38)13-18-4-5-19(31)8-22(18)32/h4-5,8-9,14-17,20H,6-7,10-13H2,1-3H3/t16-,17+. The number of amides is 2. The second-order valence-corrected chi connectivity index (χ2v) is 11.7. The first-order valence-electron chi connectivity index (χ1n) is 13.3. The van der Waals surface area contributed by atoms with Crippen molar-refractivity contribution in [3.63, 3.8) is 0 Å². The summed E-state index contributed by atoms with van der Waals surface area (Å²) in [6.07, 6.45) is 3.94. The highest BCUT2D eigenvalue weighted by Crippen LogP contribution is 2.45. The molecule has 2 aromatic carbocycles. The fourth-order valence-electron chi connectivity index (χ4n) is 5.84. The van der Waals surface area contributed by atoms with Crippen LogP contribution in [-0.4, -0.2) is 59.9 Å². The maximum absolute atomic E-state index is 16.0. The fourth-order valence-corrected chi connectivity index (χ4v) is 6.45. The SMILES string of the molecule is COc1c(N2C[C@@H](C)N(C(=O)CCl)[C@@H](C)C2)c(F)cc2c(=O)c(N(C=O)Cc3ccc(Cl)cc3Cl)cn(C3CC3)c12. The van der Waals surface area contributed by atoms with E-state index in [0.29, 0.717) is 40.6 Å². The van der Waals surface area contributed by atoms with Gasteiger partial charge < -0.3 is 24.0 Å². The number of hydrogen-bond acceptors (Lipinski definition) is 5. The lowest BCUT2D eigenvalue weighted by Gasteiger charge is -2.45. The van der Waals surface area contributed by atoms with E-state index < -0.39 is 11.2 Å². The van der Waals surface area contributed by atoms with Crippen LogP contribution in [-0.2, 0) is 16.1 Å². The van der Waals surface area contributed by atoms with E-state index in [0.717, 1.165) is 12.8 Å². The number of aromatic nitrogens is 1. The number of carbonyl (C=O) groups is 2. The summed E-state index contributed by atoms with van der Waals surface area (Å²) in [7, 11) is 1.45. The average molecular weight is 624 g/mol. The van der Waals surface area contributed by atoms with Crippen LogP contribution in [0.3, 0.4) is 0 Å². The molecule has 0 radical (unpaired) electrons. The molecular weight excluding hydrogens is 594 g/mol. The summed E-state index contributed by atoms with van der Waals surface area (Å²) in [5.41, 5.74) is 0.912. The number of rotatable bonds is 8. The zero-order valence-electron chi connectivity index (χ0n) is 22.9. The molecular formula is C29H30Cl3FN4O4. The number of methoxy groups -OCH3 is 1. The van der Waals surface area contributed by atoms with E-state index in [9.17, 15) is 14.4 Å². The van der Waals surface area contributed by atoms with Crippen molar-refractivity contribution in [3.05, 3.63) is 62.1 Å². The molecule has 2 heterocycles. The van der Waals surface area contributed by atoms with Gasteiger partial charge in [0.25, 0.3) is 0 Å². The van der Waals surface area contributed by atoms with E-state index in [4.69, 9.17) is 39.5 Å². The average Bonchev–Trinajstić information content (AvgIpc) is 3.78. The van der Waals surface area contributed by atoms with Crippen molar-refractivity contribution in [2.24, 2.45) is 0 Å². The highest BCUT2D eigenvalue weighted by molar-refractivity contribution is 6.35. The summed E-state index contributed by atoms with van der Waals surface area (Å²) in [5.74, 6) is -0.682. The van der Waals surface area contributed by atoms with Crippen molar-refractivity contribution < 1.29 is 18.7 Å². The Morgan fingerprint density at radius 3 is 2.41 bits per heavy atom. The Morgan fingerprint density at radius 1 is 1.17 bits per heavy atom. The number of piperazine rings is 1. The zero-order chi connectivity index (χ0) is 29.6. The van der Waals surface area contributed by atoms with Crippen molar-refractivity contribution in [2.75, 3.05) is 35.9 Å². The molecule has 1 aliphatic carbocycles. The van der Waals surface area contributed by atoms with E-state index in [2.05, 4.69) is 0 Å². The third kappa shape index (κ3) is 5.47. The lowest BCUT2D eigenvalue weighted by atomic mass is 10.0. The van der Waals surface area contributed by atoms with Crippen LogP contribution in [0.4, 0.5) is 15.8 Å². The van der Waals surface area contributed by atoms with Crippen molar-refractivity contribution in [2.45, 2.75) is 51.4 Å². The van der Waals surface area contributed by atoms with Gasteiger partial charge in [0.15, 0.2) is 11.6 Å². The molecule has 1 saturated carbocycles. The largest absolute Gasteiger partial charge is 0.492 e. The van der Waals surface area contributed by atoms with E-state index in [1.807, 2.05) is 23.3 Å². The van der Waals surface area contributed by atoms with Gasteiger partial charge in [-0.25, -0.2) is 4.39 Å². The number of alkyl halides is 1. The third-order valence-electron chi connectivity index (χ3n) is 7.75. The molecule has 41 heavy (non-hydrogen) atoms. The Kier molecular flexibility index (Phi) is 8.41. The Balaban J connectivity index is 1.63. The van der Waals surface area contributed by atoms with Crippen molar-refractivity contribution in [3.8, 4) is 5.75 Å². The Bertz CT molecular complexity index is 1570. The van der Waals surface area contributed by atoms with Gasteiger partial charge in [-0.2, -0.15) is 0 Å². The summed E-state index contributed by atoms with van der Waals surface area (Å²) >= 11 is 18.2. The van der Waals surface area contributed by atoms with Crippen LogP contribution in [0.1, 0.15) is 38.3 Å². The van der Waals surface area contributed by atoms with Gasteiger partial charge in [-0.1, -0.05) is 29.3 Å². The summed E-state index contributed by atoms with van der Waals surface area (Å²) in [4.78, 5) is 43.4. The van der Waals surface area contributed by atoms with Crippen molar-refractivity contribution in [1.29, 1.82) is 0 Å². The zero-order valence-corrected chi connectivity index (χ0v) is 25.1. The molecule has 2 aliphatic rings. The summed E-state index contributed by atoms with van der Waals surface area (Å²) in [6.45, 7) is 4.54. The smallest absolute Gasteiger partial charge is 0.238 e. The molecule has 2 atom stereocenters. The molecule has 8 nitrogen and oxygen atoms in total. The summed E-state index contributed by atoms with van der Waals surface area (Å²) < 4.78 is 23.8. The topological polar surface area (TPSA) is 75.1 Å². The molecule has 0 bridgehead atoms. The van der Waals surface area contributed by atoms with Gasteiger partial charge in [0, 0.05) is 47.5 Å². The van der Waals surface area contributed by atoms with Crippen LogP contribution < -0.4 is 20.0 Å². The number of benzene rings is 2. The number of nitrogens with zero attached hydrogens (tertiary/aromatic N) is 4. The first kappa shape index (κ1) is 29.5. The summed E-state index contributed by atoms with van der Waals surface area (Å²) in [5, 5.41) is 0.923. The minimum absolute atomic E-state index is 0.0314. The van der Waals surface area contributed by atoms with Crippen molar-refractivity contribution >= 4 is 69.4 Å². The van der Waals surface area contributed by atoms with Gasteiger partial charge in [-0.15, -0.1) is 11.6 Å². The van der Waals surface area contributed by atoms with Gasteiger partial charge in [-0.05, 0) is 50.5 Å². The monoisotopic (exact) mass is 622 g/mol. The first-order valence-corrected chi connectivity index (χ1v) is 14.6. The van der Waals surface area contributed by atoms with E-state index in [1.54, 1.807) is 29.3 Å². The normalized spacial score (nSPS) is 19.0. The lowest BCUT2D eigenvalue weighted by Crippen LogP contribution is -2.59. The van der Waals surface area contributed by atoms with Crippen LogP contribution in [0.15, 0.2) is 35.3 Å². The molecule has 5 rings (SSSR count). The Morgan fingerprint density at radius 2 is 1.85 bits per heavy atom. The predicted octanol–water partition coefficient (Wildman–Crippen LogP) is 5.62. The molecule has 12 heteroatoms. The molecule has 2 fully saturated rings. The lowest BCUT2D eigenvalue weighted by molar-refractivity contribution is -0.133. The van der Waals surface area contributed by atoms with Crippen LogP contribution in [0.5, 0.6) is 5.75 Å². The predicted molar refractivity (Wildman–Crippen MR) is 160 cm³/mol. The number of ether oxygens (including phenoxy) is 1. The maximum atomic E-state index is 16.0.